The summed E-state index contributed by atoms with van der Waals surface area (Å²) < 4.78 is 0. The first-order valence-corrected chi connectivity index (χ1v) is 11.9. The fraction of sp³-hybridized carbons (Fsp3) is 0.818. The summed E-state index contributed by atoms with van der Waals surface area (Å²) in [7, 11) is -0.400. The monoisotopic (exact) mass is 333 g/mol. The van der Waals surface area contributed by atoms with Crippen molar-refractivity contribution in [3.05, 3.63) is 22.3 Å². The quantitative estimate of drug-likeness (QED) is 0.475. The van der Waals surface area contributed by atoms with E-state index in [1.54, 1.807) is 48.0 Å². The van der Waals surface area contributed by atoms with Gasteiger partial charge in [-0.3, -0.25) is 0 Å². The van der Waals surface area contributed by atoms with E-state index in [2.05, 4.69) is 34.6 Å². The van der Waals surface area contributed by atoms with Gasteiger partial charge in [0.15, 0.2) is 0 Å². The highest BCUT2D eigenvalue weighted by Gasteiger charge is 2.54. The van der Waals surface area contributed by atoms with Gasteiger partial charge in [0.2, 0.25) is 0 Å². The third kappa shape index (κ3) is 2.99. The van der Waals surface area contributed by atoms with Crippen molar-refractivity contribution in [3.63, 3.8) is 0 Å². The van der Waals surface area contributed by atoms with Gasteiger partial charge in [-0.2, -0.15) is 0 Å². The van der Waals surface area contributed by atoms with E-state index < -0.39 is 7.92 Å². The predicted octanol–water partition coefficient (Wildman–Crippen LogP) is 7.31. The molecule has 0 aromatic rings. The zero-order valence-electron chi connectivity index (χ0n) is 16.2. The minimum absolute atomic E-state index is 0.400. The van der Waals surface area contributed by atoms with Gasteiger partial charge in [-0.25, -0.2) is 0 Å². The van der Waals surface area contributed by atoms with E-state index in [9.17, 15) is 0 Å². The zero-order chi connectivity index (χ0) is 16.6. The summed E-state index contributed by atoms with van der Waals surface area (Å²) in [5, 5.41) is 0.447. The summed E-state index contributed by atoms with van der Waals surface area (Å²) in [5.74, 6) is 0. The maximum absolute atomic E-state index is 2.66. The first kappa shape index (κ1) is 17.7. The predicted molar refractivity (Wildman–Crippen MR) is 107 cm³/mol. The molecule has 0 unspecified atom stereocenters. The van der Waals surface area contributed by atoms with Crippen molar-refractivity contribution in [1.29, 1.82) is 0 Å². The largest absolute Gasteiger partial charge is 0.117 e. The van der Waals surface area contributed by atoms with Crippen molar-refractivity contribution >= 4 is 7.92 Å². The van der Waals surface area contributed by atoms with E-state index in [0.717, 1.165) is 11.3 Å². The number of rotatable bonds is 3. The molecule has 0 amide bonds. The molecule has 1 heteroatoms. The lowest BCUT2D eigenvalue weighted by atomic mass is 9.97. The van der Waals surface area contributed by atoms with Gasteiger partial charge in [0, 0.05) is 7.92 Å². The fourth-order valence-electron chi connectivity index (χ4n) is 6.00. The highest BCUT2D eigenvalue weighted by atomic mass is 31.1. The lowest BCUT2D eigenvalue weighted by molar-refractivity contribution is 0.478. The smallest absolute Gasteiger partial charge is 0.0530 e. The second-order valence-electron chi connectivity index (χ2n) is 8.75. The van der Waals surface area contributed by atoms with Gasteiger partial charge < -0.3 is 0 Å². The van der Waals surface area contributed by atoms with Crippen LogP contribution in [0.2, 0.25) is 0 Å². The Balaban J connectivity index is 2.00. The second kappa shape index (κ2) is 7.03. The molecule has 3 aliphatic rings. The Labute approximate surface area is 146 Å². The average Bonchev–Trinajstić information content (AvgIpc) is 2.73. The van der Waals surface area contributed by atoms with Crippen LogP contribution in [-0.4, -0.2) is 16.5 Å². The number of hydrogen-bond donors (Lipinski definition) is 0. The molecule has 2 saturated carbocycles. The summed E-state index contributed by atoms with van der Waals surface area (Å²) in [5.41, 5.74) is 8.89. The first-order chi connectivity index (χ1) is 11.0. The van der Waals surface area contributed by atoms with Gasteiger partial charge in [0.25, 0.3) is 0 Å². The molecule has 2 fully saturated rings. The van der Waals surface area contributed by atoms with Crippen LogP contribution in [0.25, 0.3) is 0 Å². The van der Waals surface area contributed by atoms with Crippen molar-refractivity contribution in [2.75, 3.05) is 0 Å². The van der Waals surface area contributed by atoms with Crippen LogP contribution in [0.5, 0.6) is 0 Å². The van der Waals surface area contributed by atoms with E-state index in [-0.39, 0.29) is 0 Å². The summed E-state index contributed by atoms with van der Waals surface area (Å²) in [4.78, 5) is 0. The van der Waals surface area contributed by atoms with Crippen molar-refractivity contribution in [2.45, 2.75) is 115 Å². The summed E-state index contributed by atoms with van der Waals surface area (Å²) in [6, 6.07) is 0. The molecule has 0 saturated heterocycles. The Morgan fingerprint density at radius 3 is 1.35 bits per heavy atom. The van der Waals surface area contributed by atoms with Crippen LogP contribution >= 0.6 is 7.92 Å². The van der Waals surface area contributed by atoms with E-state index in [0.29, 0.717) is 5.16 Å². The van der Waals surface area contributed by atoms with Gasteiger partial charge >= 0.3 is 0 Å². The third-order valence-electron chi connectivity index (χ3n) is 7.85. The summed E-state index contributed by atoms with van der Waals surface area (Å²) in [6.45, 7) is 12.4. The van der Waals surface area contributed by atoms with Crippen molar-refractivity contribution in [2.24, 2.45) is 0 Å². The van der Waals surface area contributed by atoms with Gasteiger partial charge in [-0.1, -0.05) is 12.8 Å². The Kier molecular flexibility index (Phi) is 5.42. The van der Waals surface area contributed by atoms with Crippen molar-refractivity contribution < 1.29 is 0 Å². The fourth-order valence-corrected chi connectivity index (χ4v) is 11.6. The number of allylic oxidation sites excluding steroid dienone is 4. The molecule has 0 N–H and O–H groups in total. The average molecular weight is 334 g/mol. The molecule has 0 spiro atoms. The molecule has 23 heavy (non-hydrogen) atoms. The van der Waals surface area contributed by atoms with Crippen LogP contribution in [0.1, 0.15) is 98.8 Å². The minimum Gasteiger partial charge on any atom is -0.0530 e. The minimum atomic E-state index is -0.400. The molecule has 0 aromatic carbocycles. The SMILES string of the molecule is CC1=C(C)C(C)([PH+](C2CCCCC2)C2CCCCC2)C(C)=C1C. The molecular weight excluding hydrogens is 295 g/mol. The Hall–Kier alpha value is -0.0900. The highest BCUT2D eigenvalue weighted by molar-refractivity contribution is 7.61. The number of hydrogen-bond acceptors (Lipinski definition) is 0. The molecule has 0 aromatic heterocycles. The highest BCUT2D eigenvalue weighted by Crippen LogP contribution is 2.70. The molecule has 0 radical (unpaired) electrons. The van der Waals surface area contributed by atoms with Gasteiger partial charge in [-0.15, -0.1) is 0 Å². The maximum atomic E-state index is 2.66. The van der Waals surface area contributed by atoms with E-state index in [1.807, 2.05) is 0 Å². The van der Waals surface area contributed by atoms with E-state index in [1.165, 1.54) is 38.5 Å². The molecule has 0 aliphatic heterocycles. The third-order valence-corrected chi connectivity index (χ3v) is 12.7. The van der Waals surface area contributed by atoms with Gasteiger partial charge in [0.05, 0.1) is 11.3 Å². The lowest BCUT2D eigenvalue weighted by Gasteiger charge is -2.42. The van der Waals surface area contributed by atoms with Crippen LogP contribution in [0.3, 0.4) is 0 Å². The Morgan fingerprint density at radius 1 is 0.652 bits per heavy atom. The molecule has 0 bridgehead atoms. The van der Waals surface area contributed by atoms with Crippen LogP contribution in [0.15, 0.2) is 22.3 Å². The summed E-state index contributed by atoms with van der Waals surface area (Å²) in [6.07, 6.45) is 15.2. The molecule has 0 heterocycles. The van der Waals surface area contributed by atoms with Gasteiger partial charge in [-0.05, 0) is 108 Å². The topological polar surface area (TPSA) is 0 Å². The van der Waals surface area contributed by atoms with Crippen molar-refractivity contribution in [3.8, 4) is 0 Å². The molecule has 3 rings (SSSR count). The molecule has 0 nitrogen and oxygen atoms in total. The normalized spacial score (nSPS) is 27.4. The molecule has 3 aliphatic carbocycles. The Morgan fingerprint density at radius 2 is 1.00 bits per heavy atom. The first-order valence-electron chi connectivity index (χ1n) is 10.2. The van der Waals surface area contributed by atoms with Crippen LogP contribution in [0, 0.1) is 0 Å². The lowest BCUT2D eigenvalue weighted by Crippen LogP contribution is -2.35. The molecule has 0 atom stereocenters. The zero-order valence-corrected chi connectivity index (χ0v) is 17.2. The maximum Gasteiger partial charge on any atom is 0.117 e. The summed E-state index contributed by atoms with van der Waals surface area (Å²) >= 11 is 0. The van der Waals surface area contributed by atoms with Crippen LogP contribution in [-0.2, 0) is 0 Å². The molecular formula is C22H38P+. The van der Waals surface area contributed by atoms with E-state index >= 15 is 0 Å². The van der Waals surface area contributed by atoms with E-state index in [4.69, 9.17) is 0 Å². The second-order valence-corrected chi connectivity index (χ2v) is 12.3. The van der Waals surface area contributed by atoms with Crippen LogP contribution in [0.4, 0.5) is 0 Å². The van der Waals surface area contributed by atoms with Crippen molar-refractivity contribution in [1.82, 2.24) is 0 Å². The van der Waals surface area contributed by atoms with Crippen LogP contribution < -0.4 is 0 Å². The van der Waals surface area contributed by atoms with Gasteiger partial charge in [0.1, 0.15) is 5.16 Å². The standard InChI is InChI=1S/C22H37P/c1-16-17(2)19(4)22(5,18(16)3)23(20-12-8-6-9-13-20)21-14-10-7-11-15-21/h20-21H,6-15H2,1-5H3/p+1. The molecule has 130 valence electrons. The Bertz CT molecular complexity index is 456.